The molecule has 1 saturated heterocycles. The molecule has 10 nitrogen and oxygen atoms in total. The van der Waals surface area contributed by atoms with Crippen LogP contribution in [0.1, 0.15) is 54.4 Å². The predicted molar refractivity (Wildman–Crippen MR) is 117 cm³/mol. The van der Waals surface area contributed by atoms with E-state index in [0.29, 0.717) is 30.1 Å². The summed E-state index contributed by atoms with van der Waals surface area (Å²) in [6.07, 6.45) is 3.72. The molecule has 178 valence electrons. The lowest BCUT2D eigenvalue weighted by Gasteiger charge is -2.35. The molecule has 0 radical (unpaired) electrons. The Morgan fingerprint density at radius 1 is 1.12 bits per heavy atom. The van der Waals surface area contributed by atoms with Crippen molar-refractivity contribution in [2.45, 2.75) is 58.7 Å². The summed E-state index contributed by atoms with van der Waals surface area (Å²) in [6, 6.07) is 0. The number of morpholine rings is 1. The summed E-state index contributed by atoms with van der Waals surface area (Å²) >= 11 is 1.53. The number of carbonyl (C=O) groups excluding carboxylic acids is 2. The normalized spacial score (nSPS) is 20.0. The van der Waals surface area contributed by atoms with E-state index >= 15 is 0 Å². The molecule has 1 amide bonds. The average Bonchev–Trinajstić information content (AvgIpc) is 3.27. The number of carboxylic acid groups (broad SMARTS) is 2. The van der Waals surface area contributed by atoms with E-state index in [4.69, 9.17) is 29.3 Å². The van der Waals surface area contributed by atoms with Crippen molar-refractivity contribution in [3.05, 3.63) is 16.0 Å². The van der Waals surface area contributed by atoms with E-state index < -0.39 is 11.9 Å². The third-order valence-corrected chi connectivity index (χ3v) is 6.19. The van der Waals surface area contributed by atoms with Crippen molar-refractivity contribution < 1.29 is 38.9 Å². The lowest BCUT2D eigenvalue weighted by molar-refractivity contribution is -0.159. The molecule has 2 aliphatic rings. The van der Waals surface area contributed by atoms with E-state index in [2.05, 4.69) is 24.1 Å². The number of hydrogen-bond donors (Lipinski definition) is 3. The number of ether oxygens (including phenoxy) is 2. The van der Waals surface area contributed by atoms with Crippen molar-refractivity contribution >= 4 is 40.2 Å². The Morgan fingerprint density at radius 3 is 2.31 bits per heavy atom. The maximum Gasteiger partial charge on any atom is 0.414 e. The van der Waals surface area contributed by atoms with Crippen LogP contribution in [0.25, 0.3) is 0 Å². The largest absolute Gasteiger partial charge is 0.473 e. The van der Waals surface area contributed by atoms with Gasteiger partial charge in [-0.15, -0.1) is 11.3 Å². The highest BCUT2D eigenvalue weighted by Crippen LogP contribution is 2.39. The number of fused-ring (bicyclic) bond motifs is 1. The number of amides is 1. The molecule has 1 fully saturated rings. The van der Waals surface area contributed by atoms with Crippen LogP contribution in [-0.4, -0.2) is 77.4 Å². The molecule has 3 rings (SSSR count). The Bertz CT molecular complexity index is 831. The summed E-state index contributed by atoms with van der Waals surface area (Å²) in [5, 5.41) is 18.4. The summed E-state index contributed by atoms with van der Waals surface area (Å²) in [4.78, 5) is 46.5. The number of hydrogen-bond acceptors (Lipinski definition) is 8. The van der Waals surface area contributed by atoms with Crippen molar-refractivity contribution in [1.29, 1.82) is 0 Å². The Labute approximate surface area is 190 Å². The molecule has 2 unspecified atom stereocenters. The van der Waals surface area contributed by atoms with Crippen molar-refractivity contribution in [3.63, 3.8) is 0 Å². The zero-order valence-electron chi connectivity index (χ0n) is 18.5. The number of nitrogens with zero attached hydrogens (tertiary/aromatic N) is 1. The monoisotopic (exact) mass is 470 g/mol. The quantitative estimate of drug-likeness (QED) is 0.420. The zero-order valence-corrected chi connectivity index (χ0v) is 19.3. The minimum Gasteiger partial charge on any atom is -0.473 e. The van der Waals surface area contributed by atoms with Crippen molar-refractivity contribution in [2.75, 3.05) is 31.6 Å². The topological polar surface area (TPSA) is 142 Å². The lowest BCUT2D eigenvalue weighted by atomic mass is 10.1. The van der Waals surface area contributed by atoms with Crippen LogP contribution in [0.3, 0.4) is 0 Å². The van der Waals surface area contributed by atoms with Gasteiger partial charge in [0, 0.05) is 30.9 Å². The van der Waals surface area contributed by atoms with Gasteiger partial charge in [0.15, 0.2) is 0 Å². The summed E-state index contributed by atoms with van der Waals surface area (Å²) in [5.74, 6) is -4.02. The fraction of sp³-hybridized carbons (Fsp3) is 0.619. The first-order chi connectivity index (χ1) is 15.1. The minimum atomic E-state index is -1.82. The predicted octanol–water partition coefficient (Wildman–Crippen LogP) is 2.01. The molecule has 1 aromatic heterocycles. The molecule has 1 aliphatic heterocycles. The van der Waals surface area contributed by atoms with Gasteiger partial charge in [-0.2, -0.15) is 0 Å². The number of aliphatic carboxylic acids is 2. The maximum absolute atomic E-state index is 12.5. The SMILES string of the molecule is CCOC(=O)c1c(NC(=O)CCN2CC(C)OC(C)C2)sc2c1CCC2.O=C(O)C(=O)O. The van der Waals surface area contributed by atoms with Crippen LogP contribution in [0.2, 0.25) is 0 Å². The molecular weight excluding hydrogens is 440 g/mol. The Morgan fingerprint density at radius 2 is 1.75 bits per heavy atom. The Balaban J connectivity index is 0.000000534. The number of nitrogens with one attached hydrogen (secondary N) is 1. The number of rotatable bonds is 6. The van der Waals surface area contributed by atoms with Crippen molar-refractivity contribution in [2.24, 2.45) is 0 Å². The average molecular weight is 471 g/mol. The fourth-order valence-corrected chi connectivity index (χ4v) is 5.12. The third kappa shape index (κ3) is 7.28. The zero-order chi connectivity index (χ0) is 23.8. The van der Waals surface area contributed by atoms with Gasteiger partial charge in [0.25, 0.3) is 0 Å². The molecule has 2 heterocycles. The summed E-state index contributed by atoms with van der Waals surface area (Å²) in [6.45, 7) is 8.64. The molecule has 3 N–H and O–H groups in total. The molecule has 32 heavy (non-hydrogen) atoms. The maximum atomic E-state index is 12.5. The van der Waals surface area contributed by atoms with Crippen molar-refractivity contribution in [1.82, 2.24) is 4.90 Å². The molecule has 11 heteroatoms. The van der Waals surface area contributed by atoms with E-state index in [1.165, 1.54) is 16.2 Å². The standard InChI is InChI=1S/C19H28N2O4S.C2H2O4/c1-4-24-19(23)17-14-6-5-7-15(14)26-18(17)20-16(22)8-9-21-10-12(2)25-13(3)11-21;3-1(4)2(5)6/h12-13H,4-11H2,1-3H3,(H,20,22);(H,3,4)(H,5,6). The van der Waals surface area contributed by atoms with E-state index in [0.717, 1.165) is 37.9 Å². The van der Waals surface area contributed by atoms with E-state index in [-0.39, 0.29) is 24.1 Å². The number of aryl methyl sites for hydroxylation is 1. The van der Waals surface area contributed by atoms with Gasteiger partial charge in [0.05, 0.1) is 24.4 Å². The number of thiophene rings is 1. The van der Waals surface area contributed by atoms with Gasteiger partial charge in [0.1, 0.15) is 5.00 Å². The molecule has 0 spiro atoms. The third-order valence-electron chi connectivity index (χ3n) is 4.99. The van der Waals surface area contributed by atoms with E-state index in [9.17, 15) is 9.59 Å². The van der Waals surface area contributed by atoms with Crippen LogP contribution in [0, 0.1) is 0 Å². The van der Waals surface area contributed by atoms with E-state index in [1.54, 1.807) is 6.92 Å². The van der Waals surface area contributed by atoms with E-state index in [1.807, 2.05) is 0 Å². The number of esters is 1. The van der Waals surface area contributed by atoms with Crippen LogP contribution in [0.4, 0.5) is 5.00 Å². The summed E-state index contributed by atoms with van der Waals surface area (Å²) < 4.78 is 10.9. The van der Waals surface area contributed by atoms with Gasteiger partial charge in [-0.05, 0) is 45.6 Å². The number of carboxylic acids is 2. The van der Waals surface area contributed by atoms with Crippen LogP contribution < -0.4 is 5.32 Å². The summed E-state index contributed by atoms with van der Waals surface area (Å²) in [5.41, 5.74) is 1.64. The highest BCUT2D eigenvalue weighted by molar-refractivity contribution is 7.17. The molecule has 0 bridgehead atoms. The number of carbonyl (C=O) groups is 4. The molecule has 2 atom stereocenters. The van der Waals surface area contributed by atoms with Gasteiger partial charge in [-0.1, -0.05) is 0 Å². The molecule has 1 aromatic rings. The first-order valence-electron chi connectivity index (χ1n) is 10.6. The van der Waals surface area contributed by atoms with Crippen molar-refractivity contribution in [3.8, 4) is 0 Å². The first-order valence-corrected chi connectivity index (χ1v) is 11.4. The van der Waals surface area contributed by atoms with Crippen LogP contribution in [0.5, 0.6) is 0 Å². The molecule has 0 aromatic carbocycles. The smallest absolute Gasteiger partial charge is 0.414 e. The van der Waals surface area contributed by atoms with Crippen LogP contribution in [0.15, 0.2) is 0 Å². The van der Waals surface area contributed by atoms with Crippen LogP contribution >= 0.6 is 11.3 Å². The lowest BCUT2D eigenvalue weighted by Crippen LogP contribution is -2.46. The first kappa shape index (κ1) is 25.8. The van der Waals surface area contributed by atoms with Gasteiger partial charge < -0.3 is 25.0 Å². The molecule has 0 saturated carbocycles. The second kappa shape index (κ2) is 11.9. The highest BCUT2D eigenvalue weighted by Gasteiger charge is 2.28. The Hall–Kier alpha value is -2.50. The van der Waals surface area contributed by atoms with Gasteiger partial charge >= 0.3 is 17.9 Å². The molecule has 1 aliphatic carbocycles. The minimum absolute atomic E-state index is 0.0535. The van der Waals surface area contributed by atoms with Gasteiger partial charge in [-0.25, -0.2) is 14.4 Å². The summed E-state index contributed by atoms with van der Waals surface area (Å²) in [7, 11) is 0. The van der Waals surface area contributed by atoms with Crippen LogP contribution in [-0.2, 0) is 36.7 Å². The highest BCUT2D eigenvalue weighted by atomic mass is 32.1. The second-order valence-corrected chi connectivity index (χ2v) is 8.81. The molecular formula is C21H30N2O8S. The van der Waals surface area contributed by atoms with Gasteiger partial charge in [-0.3, -0.25) is 9.69 Å². The number of anilines is 1. The second-order valence-electron chi connectivity index (χ2n) is 7.71. The Kier molecular flexibility index (Phi) is 9.60. The van der Waals surface area contributed by atoms with Gasteiger partial charge in [0.2, 0.25) is 5.91 Å². The fourth-order valence-electron chi connectivity index (χ4n) is 3.83.